The number of sulfone groups is 1. The molecule has 0 saturated carbocycles. The smallest absolute Gasteiger partial charge is 0.276 e. The Kier molecular flexibility index (Phi) is 7.97. The molecule has 4 N–H and O–H groups in total. The summed E-state index contributed by atoms with van der Waals surface area (Å²) in [5.74, 6) is -0.459. The fourth-order valence-corrected chi connectivity index (χ4v) is 6.72. The molecule has 7 nitrogen and oxygen atoms in total. The first-order valence-electron chi connectivity index (χ1n) is 11.3. The van der Waals surface area contributed by atoms with E-state index in [-0.39, 0.29) is 31.9 Å². The molecule has 0 aromatic heterocycles. The summed E-state index contributed by atoms with van der Waals surface area (Å²) in [4.78, 5) is 12.5. The van der Waals surface area contributed by atoms with Crippen LogP contribution in [0.4, 0.5) is 5.69 Å². The molecule has 9 heteroatoms. The maximum Gasteiger partial charge on any atom is 0.276 e. The lowest BCUT2D eigenvalue weighted by Gasteiger charge is -2.21. The van der Waals surface area contributed by atoms with E-state index in [1.54, 1.807) is 24.5 Å². The van der Waals surface area contributed by atoms with Gasteiger partial charge in [-0.05, 0) is 75.8 Å². The molecule has 0 fully saturated rings. The Morgan fingerprint density at radius 3 is 2.08 bits per heavy atom. The summed E-state index contributed by atoms with van der Waals surface area (Å²) < 4.78 is 33.6. The monoisotopic (exact) mass is 580 g/mol. The number of hydrogen-bond donors (Lipinski definition) is 3. The average Bonchev–Trinajstić information content (AvgIpc) is 2.92. The largest absolute Gasteiger partial charge is 0.489 e. The van der Waals surface area contributed by atoms with E-state index in [0.717, 1.165) is 11.1 Å². The van der Waals surface area contributed by atoms with E-state index >= 15 is 0 Å². The normalized spacial score (nSPS) is 11.2. The van der Waals surface area contributed by atoms with Gasteiger partial charge in [0.25, 0.3) is 5.91 Å². The first-order chi connectivity index (χ1) is 17.7. The fraction of sp³-hybridized carbons (Fsp3) is 0.107. The van der Waals surface area contributed by atoms with Crippen molar-refractivity contribution in [1.29, 1.82) is 0 Å². The van der Waals surface area contributed by atoms with E-state index < -0.39 is 15.7 Å². The van der Waals surface area contributed by atoms with Gasteiger partial charge in [0, 0.05) is 0 Å². The molecule has 1 amide bonds. The minimum atomic E-state index is -4.25. The number of benzene rings is 4. The van der Waals surface area contributed by atoms with Gasteiger partial charge in [0.15, 0.2) is 0 Å². The Hall–Kier alpha value is -3.66. The van der Waals surface area contributed by atoms with Crippen LogP contribution in [0.1, 0.15) is 32.6 Å². The van der Waals surface area contributed by atoms with Gasteiger partial charge >= 0.3 is 0 Å². The zero-order chi connectivity index (χ0) is 26.6. The second-order valence-electron chi connectivity index (χ2n) is 8.39. The second-order valence-corrected chi connectivity index (χ2v) is 11.1. The number of hydroxylamine groups is 1. The lowest BCUT2D eigenvalue weighted by Crippen LogP contribution is -2.25. The Balaban J connectivity index is 1.78. The number of ether oxygens (including phenoxy) is 1. The molecule has 4 aromatic carbocycles. The van der Waals surface area contributed by atoms with Crippen molar-refractivity contribution in [2.24, 2.45) is 0 Å². The summed E-state index contributed by atoms with van der Waals surface area (Å²) in [6.45, 7) is 2.04. The molecule has 0 aliphatic heterocycles. The third kappa shape index (κ3) is 5.53. The van der Waals surface area contributed by atoms with Gasteiger partial charge in [0.1, 0.15) is 17.3 Å². The molecule has 0 heterocycles. The molecule has 37 heavy (non-hydrogen) atoms. The van der Waals surface area contributed by atoms with Crippen LogP contribution in [0.25, 0.3) is 0 Å². The molecule has 0 aliphatic rings. The molecule has 4 rings (SSSR count). The van der Waals surface area contributed by atoms with Gasteiger partial charge in [-0.3, -0.25) is 10.0 Å². The molecule has 0 aliphatic carbocycles. The van der Waals surface area contributed by atoms with Crippen LogP contribution in [0.3, 0.4) is 0 Å². The van der Waals surface area contributed by atoms with Crippen molar-refractivity contribution in [2.45, 2.75) is 29.7 Å². The zero-order valence-electron chi connectivity index (χ0n) is 19.9. The van der Waals surface area contributed by atoms with Gasteiger partial charge in [0.05, 0.1) is 20.6 Å². The fourth-order valence-electron chi connectivity index (χ4n) is 4.03. The molecule has 4 aromatic rings. The maximum absolute atomic E-state index is 13.9. The van der Waals surface area contributed by atoms with Crippen molar-refractivity contribution in [3.8, 4) is 5.75 Å². The average molecular weight is 581 g/mol. The highest BCUT2D eigenvalue weighted by molar-refractivity contribution is 9.10. The number of rotatable bonds is 8. The summed E-state index contributed by atoms with van der Waals surface area (Å²) in [5, 5.41) is 9.52. The SMILES string of the molecule is Cc1c(N)c(Br)c(S(=O)(=O)c2ccc(OCc3ccccc3)cc2)c(C(=O)NO)c1Cc1ccccc1. The van der Waals surface area contributed by atoms with Gasteiger partial charge in [-0.1, -0.05) is 60.7 Å². The molecule has 190 valence electrons. The van der Waals surface area contributed by atoms with Crippen molar-refractivity contribution in [3.63, 3.8) is 0 Å². The molecule has 0 bridgehead atoms. The Bertz CT molecular complexity index is 1530. The topological polar surface area (TPSA) is 119 Å². The first-order valence-corrected chi connectivity index (χ1v) is 13.6. The highest BCUT2D eigenvalue weighted by Crippen LogP contribution is 2.40. The third-order valence-electron chi connectivity index (χ3n) is 6.02. The third-order valence-corrected chi connectivity index (χ3v) is 8.95. The quantitative estimate of drug-likeness (QED) is 0.145. The number of nitrogens with one attached hydrogen (secondary N) is 1. The molecular formula is C28H25BrN2O5S. The van der Waals surface area contributed by atoms with Crippen molar-refractivity contribution < 1.29 is 23.2 Å². The van der Waals surface area contributed by atoms with E-state index in [1.165, 1.54) is 12.1 Å². The minimum Gasteiger partial charge on any atom is -0.489 e. The first kappa shape index (κ1) is 26.4. The van der Waals surface area contributed by atoms with Gasteiger partial charge in [-0.25, -0.2) is 13.9 Å². The van der Waals surface area contributed by atoms with Gasteiger partial charge in [-0.15, -0.1) is 0 Å². The molecule has 0 unspecified atom stereocenters. The molecule has 0 radical (unpaired) electrons. The second kappa shape index (κ2) is 11.2. The van der Waals surface area contributed by atoms with E-state index in [9.17, 15) is 18.4 Å². The number of nitrogen functional groups attached to an aromatic ring is 1. The lowest BCUT2D eigenvalue weighted by molar-refractivity contribution is 0.0701. The Labute approximate surface area is 223 Å². The molecule has 0 atom stereocenters. The molecule has 0 saturated heterocycles. The Morgan fingerprint density at radius 1 is 0.946 bits per heavy atom. The van der Waals surface area contributed by atoms with Gasteiger partial charge < -0.3 is 10.5 Å². The summed E-state index contributed by atoms with van der Waals surface area (Å²) in [5.41, 5.74) is 10.7. The van der Waals surface area contributed by atoms with Crippen molar-refractivity contribution in [1.82, 2.24) is 5.48 Å². The number of amides is 1. The summed E-state index contributed by atoms with van der Waals surface area (Å²) in [7, 11) is -4.25. The van der Waals surface area contributed by atoms with E-state index in [4.69, 9.17) is 10.5 Å². The van der Waals surface area contributed by atoms with Crippen LogP contribution in [0.5, 0.6) is 5.75 Å². The predicted octanol–water partition coefficient (Wildman–Crippen LogP) is 5.46. The van der Waals surface area contributed by atoms with E-state index in [0.29, 0.717) is 23.5 Å². The highest BCUT2D eigenvalue weighted by Gasteiger charge is 2.33. The van der Waals surface area contributed by atoms with Crippen molar-refractivity contribution in [2.75, 3.05) is 5.73 Å². The van der Waals surface area contributed by atoms with E-state index in [1.807, 2.05) is 60.7 Å². The van der Waals surface area contributed by atoms with Crippen LogP contribution in [0, 0.1) is 6.92 Å². The number of carbonyl (C=O) groups is 1. The highest BCUT2D eigenvalue weighted by atomic mass is 79.9. The van der Waals surface area contributed by atoms with Crippen molar-refractivity contribution in [3.05, 3.63) is 117 Å². The molecular weight excluding hydrogens is 556 g/mol. The van der Waals surface area contributed by atoms with Gasteiger partial charge in [0.2, 0.25) is 9.84 Å². The number of carbonyl (C=O) groups excluding carboxylic acids is 1. The molecule has 0 spiro atoms. The summed E-state index contributed by atoms with van der Waals surface area (Å²) in [6.07, 6.45) is 0.238. The van der Waals surface area contributed by atoms with Crippen LogP contribution in [-0.4, -0.2) is 19.5 Å². The van der Waals surface area contributed by atoms with Crippen LogP contribution in [-0.2, 0) is 22.9 Å². The number of halogens is 1. The van der Waals surface area contributed by atoms with Gasteiger partial charge in [-0.2, -0.15) is 0 Å². The summed E-state index contributed by atoms with van der Waals surface area (Å²) in [6, 6.07) is 24.8. The van der Waals surface area contributed by atoms with E-state index in [2.05, 4.69) is 15.9 Å². The lowest BCUT2D eigenvalue weighted by atomic mass is 9.93. The van der Waals surface area contributed by atoms with Crippen LogP contribution >= 0.6 is 15.9 Å². The van der Waals surface area contributed by atoms with Crippen molar-refractivity contribution >= 4 is 37.4 Å². The minimum absolute atomic E-state index is 0.0545. The van der Waals surface area contributed by atoms with Crippen LogP contribution in [0.2, 0.25) is 0 Å². The standard InChI is InChI=1S/C28H25BrN2O5S/c1-18-23(16-19-8-4-2-5-9-19)24(28(32)31-33)27(25(29)26(18)30)37(34,35)22-14-12-21(13-15-22)36-17-20-10-6-3-7-11-20/h2-15,33H,16-17,30H2,1H3,(H,31,32). The summed E-state index contributed by atoms with van der Waals surface area (Å²) >= 11 is 3.31. The maximum atomic E-state index is 13.9. The Morgan fingerprint density at radius 2 is 1.51 bits per heavy atom. The van der Waals surface area contributed by atoms with Crippen LogP contribution in [0.15, 0.2) is 99.2 Å². The number of hydrogen-bond acceptors (Lipinski definition) is 6. The predicted molar refractivity (Wildman–Crippen MR) is 144 cm³/mol. The zero-order valence-corrected chi connectivity index (χ0v) is 22.3. The van der Waals surface area contributed by atoms with Crippen LogP contribution < -0.4 is 16.0 Å². The number of anilines is 1. The number of nitrogens with two attached hydrogens (primary N) is 1.